The minimum atomic E-state index is -0.605. The summed E-state index contributed by atoms with van der Waals surface area (Å²) in [5, 5.41) is 3.90. The van der Waals surface area contributed by atoms with Crippen LogP contribution in [0.5, 0.6) is 11.5 Å². The molecule has 3 aliphatic rings. The number of rotatable bonds is 6. The second-order valence-electron chi connectivity index (χ2n) is 10.9. The third-order valence-electron chi connectivity index (χ3n) is 8.23. The van der Waals surface area contributed by atoms with Gasteiger partial charge in [0.2, 0.25) is 5.91 Å². The van der Waals surface area contributed by atoms with Crippen LogP contribution in [0.25, 0.3) is 10.2 Å². The van der Waals surface area contributed by atoms with Crippen LogP contribution in [-0.4, -0.2) is 59.4 Å². The number of nitrogens with zero attached hydrogens (tertiary/aromatic N) is 4. The number of ether oxygens (including phenoxy) is 1. The molecule has 11 heteroatoms. The Kier molecular flexibility index (Phi) is 6.55. The van der Waals surface area contributed by atoms with Crippen LogP contribution in [0.15, 0.2) is 60.8 Å². The van der Waals surface area contributed by atoms with Gasteiger partial charge in [0.1, 0.15) is 21.2 Å². The highest BCUT2D eigenvalue weighted by atomic mass is 32.1. The van der Waals surface area contributed by atoms with Gasteiger partial charge in [0.25, 0.3) is 5.91 Å². The highest BCUT2D eigenvalue weighted by Crippen LogP contribution is 2.50. The Hall–Kier alpha value is -4.48. The van der Waals surface area contributed by atoms with E-state index < -0.39 is 5.91 Å². The van der Waals surface area contributed by atoms with Crippen molar-refractivity contribution in [3.63, 3.8) is 0 Å². The molecule has 0 aliphatic carbocycles. The zero-order valence-corrected chi connectivity index (χ0v) is 23.9. The fourth-order valence-electron chi connectivity index (χ4n) is 6.11. The quantitative estimate of drug-likeness (QED) is 0.333. The fourth-order valence-corrected chi connectivity index (χ4v) is 7.11. The van der Waals surface area contributed by atoms with Crippen LogP contribution in [-0.2, 0) is 4.79 Å². The fraction of sp³-hybridized carbons (Fsp3) is 0.290. The number of hydrogen-bond acceptors (Lipinski definition) is 7. The minimum absolute atomic E-state index is 0.0600. The minimum Gasteiger partial charge on any atom is -0.457 e. The molecule has 2 unspecified atom stereocenters. The first-order chi connectivity index (χ1) is 20.4. The van der Waals surface area contributed by atoms with E-state index in [0.29, 0.717) is 57.4 Å². The molecule has 4 amide bonds. The number of aromatic nitrogens is 1. The van der Waals surface area contributed by atoms with Crippen molar-refractivity contribution >= 4 is 56.5 Å². The maximum atomic E-state index is 14.6. The maximum absolute atomic E-state index is 14.6. The number of thiophene rings is 1. The molecule has 42 heavy (non-hydrogen) atoms. The molecule has 5 heterocycles. The van der Waals surface area contributed by atoms with Gasteiger partial charge in [0.15, 0.2) is 0 Å². The summed E-state index contributed by atoms with van der Waals surface area (Å²) < 4.78 is 6.04. The lowest BCUT2D eigenvalue weighted by Gasteiger charge is -2.44. The molecule has 0 bridgehead atoms. The van der Waals surface area contributed by atoms with Gasteiger partial charge < -0.3 is 20.7 Å². The molecule has 214 valence electrons. The van der Waals surface area contributed by atoms with Gasteiger partial charge in [0, 0.05) is 19.3 Å². The predicted molar refractivity (Wildman–Crippen MR) is 162 cm³/mol. The second kappa shape index (κ2) is 10.4. The molecule has 0 spiro atoms. The Morgan fingerprint density at radius 2 is 1.88 bits per heavy atom. The molecule has 2 aromatic heterocycles. The molecule has 7 rings (SSSR count). The van der Waals surface area contributed by atoms with Crippen LogP contribution in [0.1, 0.15) is 34.5 Å². The van der Waals surface area contributed by atoms with Crippen molar-refractivity contribution in [2.75, 3.05) is 29.4 Å². The van der Waals surface area contributed by atoms with Crippen molar-refractivity contribution in [3.05, 3.63) is 71.2 Å². The Labute approximate surface area is 246 Å². The highest BCUT2D eigenvalue weighted by Gasteiger charge is 2.44. The average Bonchev–Trinajstić information content (AvgIpc) is 3.35. The van der Waals surface area contributed by atoms with E-state index in [0.717, 1.165) is 30.7 Å². The summed E-state index contributed by atoms with van der Waals surface area (Å²) in [6.45, 7) is 3.79. The molecule has 2 saturated heterocycles. The summed E-state index contributed by atoms with van der Waals surface area (Å²) in [5.74, 6) is 0.828. The van der Waals surface area contributed by atoms with Crippen LogP contribution < -0.4 is 25.6 Å². The summed E-state index contributed by atoms with van der Waals surface area (Å²) in [6.07, 6.45) is 3.90. The number of anilines is 3. The molecule has 0 radical (unpaired) electrons. The van der Waals surface area contributed by atoms with Crippen molar-refractivity contribution in [2.24, 2.45) is 5.73 Å². The van der Waals surface area contributed by atoms with E-state index in [1.165, 1.54) is 11.3 Å². The van der Waals surface area contributed by atoms with E-state index in [1.54, 1.807) is 22.1 Å². The molecular formula is C31H30N6O4S. The monoisotopic (exact) mass is 582 g/mol. The van der Waals surface area contributed by atoms with E-state index in [1.807, 2.05) is 60.4 Å². The normalized spacial score (nSPS) is 20.0. The molecule has 2 fully saturated rings. The number of piperidine rings is 1. The van der Waals surface area contributed by atoms with Crippen LogP contribution in [0.4, 0.5) is 21.9 Å². The van der Waals surface area contributed by atoms with Crippen LogP contribution in [0.3, 0.4) is 0 Å². The summed E-state index contributed by atoms with van der Waals surface area (Å²) in [4.78, 5) is 51.2. The summed E-state index contributed by atoms with van der Waals surface area (Å²) in [6, 6.07) is 16.1. The molecule has 4 aromatic rings. The number of carbonyl (C=O) groups is 3. The van der Waals surface area contributed by atoms with Crippen molar-refractivity contribution < 1.29 is 19.1 Å². The topological polar surface area (TPSA) is 121 Å². The van der Waals surface area contributed by atoms with Crippen molar-refractivity contribution in [1.82, 2.24) is 15.2 Å². The van der Waals surface area contributed by atoms with E-state index in [2.05, 4.69) is 10.3 Å². The largest absolute Gasteiger partial charge is 0.457 e. The molecule has 0 saturated carbocycles. The molecule has 3 N–H and O–H groups in total. The zero-order valence-electron chi connectivity index (χ0n) is 23.1. The summed E-state index contributed by atoms with van der Waals surface area (Å²) >= 11 is 1.19. The van der Waals surface area contributed by atoms with Gasteiger partial charge in [-0.3, -0.25) is 19.4 Å². The van der Waals surface area contributed by atoms with Gasteiger partial charge in [-0.2, -0.15) is 0 Å². The van der Waals surface area contributed by atoms with E-state index >= 15 is 0 Å². The van der Waals surface area contributed by atoms with Gasteiger partial charge in [-0.25, -0.2) is 9.78 Å². The number of hydrogen-bond donors (Lipinski definition) is 2. The molecule has 3 aliphatic heterocycles. The molecule has 10 nitrogen and oxygen atoms in total. The number of benzene rings is 2. The number of nitrogens with one attached hydrogen (secondary N) is 1. The Morgan fingerprint density at radius 1 is 1.07 bits per heavy atom. The highest BCUT2D eigenvalue weighted by molar-refractivity contribution is 7.21. The number of carbonyl (C=O) groups excluding carboxylic acids is 3. The van der Waals surface area contributed by atoms with Crippen LogP contribution >= 0.6 is 11.3 Å². The zero-order chi connectivity index (χ0) is 29.0. The SMILES string of the molecule is Cc1cc(Oc2ccccc2)ccc1N1C(=O)N(C2CCCN(C(=O)C3CCN3)C2)c2c(C(N)=O)sc3nccc1c23. The van der Waals surface area contributed by atoms with Gasteiger partial charge >= 0.3 is 6.03 Å². The second-order valence-corrected chi connectivity index (χ2v) is 11.9. The maximum Gasteiger partial charge on any atom is 0.334 e. The van der Waals surface area contributed by atoms with Crippen LogP contribution in [0, 0.1) is 6.92 Å². The Bertz CT molecular complexity index is 1720. The van der Waals surface area contributed by atoms with Crippen molar-refractivity contribution in [1.29, 1.82) is 0 Å². The van der Waals surface area contributed by atoms with Gasteiger partial charge in [-0.05, 0) is 74.7 Å². The molecule has 2 aromatic carbocycles. The van der Waals surface area contributed by atoms with Crippen molar-refractivity contribution in [3.8, 4) is 11.5 Å². The first kappa shape index (κ1) is 26.4. The number of para-hydroxylation sites is 1. The van der Waals surface area contributed by atoms with Gasteiger partial charge in [-0.15, -0.1) is 11.3 Å². The number of nitrogens with two attached hydrogens (primary N) is 1. The number of likely N-dealkylation sites (tertiary alicyclic amines) is 1. The van der Waals surface area contributed by atoms with E-state index in [4.69, 9.17) is 10.5 Å². The third-order valence-corrected chi connectivity index (χ3v) is 9.33. The molecule has 2 atom stereocenters. The number of primary amides is 1. The lowest BCUT2D eigenvalue weighted by Crippen LogP contribution is -2.60. The standard InChI is InChI=1S/C31H30N6O4S/c1-18-16-21(41-20-7-3-2-4-8-20)9-10-23(18)37-24-12-14-34-29-25(24)26(27(42-29)28(32)38)36(31(37)40)19-6-5-15-35(17-19)30(39)22-11-13-33-22/h2-4,7-10,12,14,16,19,22,33H,5-6,11,13,15,17H2,1H3,(H2,32,38). The Morgan fingerprint density at radius 3 is 2.60 bits per heavy atom. The lowest BCUT2D eigenvalue weighted by atomic mass is 9.98. The molecular weight excluding hydrogens is 552 g/mol. The first-order valence-electron chi connectivity index (χ1n) is 14.1. The third kappa shape index (κ3) is 4.36. The van der Waals surface area contributed by atoms with E-state index in [-0.39, 0.29) is 24.0 Å². The van der Waals surface area contributed by atoms with Gasteiger partial charge in [-0.1, -0.05) is 18.2 Å². The van der Waals surface area contributed by atoms with Crippen molar-refractivity contribution in [2.45, 2.75) is 38.3 Å². The number of urea groups is 1. The van der Waals surface area contributed by atoms with Gasteiger partial charge in [0.05, 0.1) is 34.5 Å². The summed E-state index contributed by atoms with van der Waals surface area (Å²) in [5.41, 5.74) is 8.53. The van der Waals surface area contributed by atoms with E-state index in [9.17, 15) is 14.4 Å². The predicted octanol–water partition coefficient (Wildman–Crippen LogP) is 4.93. The number of pyridine rings is 1. The van der Waals surface area contributed by atoms with Crippen LogP contribution in [0.2, 0.25) is 0 Å². The number of amides is 4. The number of aryl methyl sites for hydroxylation is 1. The average molecular weight is 583 g/mol. The smallest absolute Gasteiger partial charge is 0.334 e. The Balaban J connectivity index is 1.31. The summed E-state index contributed by atoms with van der Waals surface area (Å²) in [7, 11) is 0. The lowest BCUT2D eigenvalue weighted by molar-refractivity contribution is -0.136. The first-order valence-corrected chi connectivity index (χ1v) is 14.9.